The molecule has 1 heterocycles. The monoisotopic (exact) mass is 326 g/mol. The third-order valence-corrected chi connectivity index (χ3v) is 3.39. The van der Waals surface area contributed by atoms with Crippen molar-refractivity contribution in [2.24, 2.45) is 0 Å². The second-order valence-corrected chi connectivity index (χ2v) is 4.98. The van der Waals surface area contributed by atoms with Crippen molar-refractivity contribution in [2.45, 2.75) is 0 Å². The fraction of sp³-hybridized carbons (Fsp3) is 0. The Hall–Kier alpha value is -3.06. The fourth-order valence-corrected chi connectivity index (χ4v) is 2.17. The van der Waals surface area contributed by atoms with E-state index < -0.39 is 0 Å². The molecular formula is C16H10N2O4S. The van der Waals surface area contributed by atoms with Crippen molar-refractivity contribution in [2.75, 3.05) is 0 Å². The second-order valence-electron chi connectivity index (χ2n) is 4.45. The minimum absolute atomic E-state index is 0.230. The van der Waals surface area contributed by atoms with Crippen LogP contribution in [0, 0.1) is 0 Å². The van der Waals surface area contributed by atoms with Crippen LogP contribution in [0.1, 0.15) is 20.7 Å². The number of rotatable bonds is 6. The Morgan fingerprint density at radius 1 is 0.696 bits per heavy atom. The van der Waals surface area contributed by atoms with E-state index in [9.17, 15) is 9.59 Å². The SMILES string of the molecule is O=Cc1ccc(Oc2nsnc2Oc2ccc(C=O)cc2)cc1. The molecule has 0 spiro atoms. The van der Waals surface area contributed by atoms with Crippen LogP contribution in [0.25, 0.3) is 0 Å². The minimum Gasteiger partial charge on any atom is -0.434 e. The summed E-state index contributed by atoms with van der Waals surface area (Å²) in [5.74, 6) is 1.50. The fourth-order valence-electron chi connectivity index (χ4n) is 1.75. The van der Waals surface area contributed by atoms with E-state index in [4.69, 9.17) is 9.47 Å². The predicted octanol–water partition coefficient (Wildman–Crippen LogP) is 3.75. The van der Waals surface area contributed by atoms with E-state index in [1.807, 2.05) is 0 Å². The molecule has 114 valence electrons. The van der Waals surface area contributed by atoms with Crippen molar-refractivity contribution < 1.29 is 19.1 Å². The summed E-state index contributed by atoms with van der Waals surface area (Å²) >= 11 is 0.958. The zero-order valence-corrected chi connectivity index (χ0v) is 12.5. The molecule has 23 heavy (non-hydrogen) atoms. The van der Waals surface area contributed by atoms with Gasteiger partial charge in [0.05, 0.1) is 11.7 Å². The van der Waals surface area contributed by atoms with Crippen LogP contribution >= 0.6 is 11.7 Å². The summed E-state index contributed by atoms with van der Waals surface area (Å²) in [7, 11) is 0. The molecule has 0 aliphatic carbocycles. The molecule has 0 aliphatic rings. The van der Waals surface area contributed by atoms with Crippen LogP contribution in [0.4, 0.5) is 0 Å². The molecule has 0 unspecified atom stereocenters. The molecule has 0 saturated carbocycles. The lowest BCUT2D eigenvalue weighted by molar-refractivity contribution is 0.111. The molecule has 0 saturated heterocycles. The highest BCUT2D eigenvalue weighted by atomic mass is 32.1. The molecular weight excluding hydrogens is 316 g/mol. The number of carbonyl (C=O) groups is 2. The first-order valence-corrected chi connectivity index (χ1v) is 7.30. The number of aromatic nitrogens is 2. The molecule has 0 radical (unpaired) electrons. The molecule has 0 atom stereocenters. The van der Waals surface area contributed by atoms with Crippen LogP contribution in [0.5, 0.6) is 23.3 Å². The summed E-state index contributed by atoms with van der Waals surface area (Å²) in [5.41, 5.74) is 1.11. The quantitative estimate of drug-likeness (QED) is 0.642. The van der Waals surface area contributed by atoms with Crippen LogP contribution in [0.15, 0.2) is 48.5 Å². The second kappa shape index (κ2) is 6.80. The first-order chi connectivity index (χ1) is 11.3. The van der Waals surface area contributed by atoms with Gasteiger partial charge in [0.15, 0.2) is 0 Å². The minimum atomic E-state index is 0.230. The molecule has 3 rings (SSSR count). The van der Waals surface area contributed by atoms with Gasteiger partial charge in [0.1, 0.15) is 24.1 Å². The highest BCUT2D eigenvalue weighted by Gasteiger charge is 2.13. The summed E-state index contributed by atoms with van der Waals surface area (Å²) < 4.78 is 19.3. The zero-order chi connectivity index (χ0) is 16.1. The Balaban J connectivity index is 1.75. The van der Waals surface area contributed by atoms with Crippen molar-refractivity contribution in [3.63, 3.8) is 0 Å². The van der Waals surface area contributed by atoms with Crippen molar-refractivity contribution in [3.05, 3.63) is 59.7 Å². The highest BCUT2D eigenvalue weighted by molar-refractivity contribution is 6.99. The molecule has 7 heteroatoms. The van der Waals surface area contributed by atoms with Gasteiger partial charge < -0.3 is 9.47 Å². The summed E-state index contributed by atoms with van der Waals surface area (Å²) in [4.78, 5) is 21.3. The van der Waals surface area contributed by atoms with E-state index in [1.54, 1.807) is 48.5 Å². The summed E-state index contributed by atoms with van der Waals surface area (Å²) in [6.45, 7) is 0. The molecule has 0 fully saturated rings. The average Bonchev–Trinajstić information content (AvgIpc) is 3.03. The van der Waals surface area contributed by atoms with Crippen LogP contribution in [-0.4, -0.2) is 21.3 Å². The van der Waals surface area contributed by atoms with Gasteiger partial charge in [0.2, 0.25) is 0 Å². The van der Waals surface area contributed by atoms with Gasteiger partial charge in [-0.3, -0.25) is 9.59 Å². The van der Waals surface area contributed by atoms with E-state index >= 15 is 0 Å². The number of hydrogen-bond donors (Lipinski definition) is 0. The lowest BCUT2D eigenvalue weighted by Crippen LogP contribution is -1.90. The van der Waals surface area contributed by atoms with Gasteiger partial charge in [0.25, 0.3) is 11.8 Å². The number of carbonyl (C=O) groups excluding carboxylic acids is 2. The predicted molar refractivity (Wildman–Crippen MR) is 83.7 cm³/mol. The van der Waals surface area contributed by atoms with Crippen molar-refractivity contribution >= 4 is 24.3 Å². The normalized spacial score (nSPS) is 10.1. The number of nitrogens with zero attached hydrogens (tertiary/aromatic N) is 2. The Morgan fingerprint density at radius 2 is 1.09 bits per heavy atom. The smallest absolute Gasteiger partial charge is 0.297 e. The van der Waals surface area contributed by atoms with Gasteiger partial charge >= 0.3 is 0 Å². The maximum atomic E-state index is 10.6. The molecule has 2 aromatic carbocycles. The molecule has 0 bridgehead atoms. The Labute approximate surface area is 135 Å². The lowest BCUT2D eigenvalue weighted by atomic mass is 10.2. The van der Waals surface area contributed by atoms with E-state index in [-0.39, 0.29) is 11.8 Å². The van der Waals surface area contributed by atoms with Gasteiger partial charge in [-0.1, -0.05) is 0 Å². The molecule has 6 nitrogen and oxygen atoms in total. The van der Waals surface area contributed by atoms with Crippen LogP contribution in [0.3, 0.4) is 0 Å². The molecule has 3 aromatic rings. The lowest BCUT2D eigenvalue weighted by Gasteiger charge is -2.06. The Morgan fingerprint density at radius 3 is 1.43 bits per heavy atom. The van der Waals surface area contributed by atoms with Crippen LogP contribution in [-0.2, 0) is 0 Å². The van der Waals surface area contributed by atoms with Crippen molar-refractivity contribution in [1.82, 2.24) is 8.75 Å². The van der Waals surface area contributed by atoms with Crippen LogP contribution in [0.2, 0.25) is 0 Å². The number of aldehydes is 2. The summed E-state index contributed by atoms with van der Waals surface area (Å²) in [6, 6.07) is 13.2. The van der Waals surface area contributed by atoms with Gasteiger partial charge in [0, 0.05) is 11.1 Å². The number of hydrogen-bond acceptors (Lipinski definition) is 7. The van der Waals surface area contributed by atoms with E-state index in [0.717, 1.165) is 24.3 Å². The topological polar surface area (TPSA) is 78.4 Å². The van der Waals surface area contributed by atoms with Gasteiger partial charge in [-0.25, -0.2) is 0 Å². The van der Waals surface area contributed by atoms with E-state index in [1.165, 1.54) is 0 Å². The molecule has 1 aromatic heterocycles. The van der Waals surface area contributed by atoms with Gasteiger partial charge in [-0.15, -0.1) is 8.75 Å². The average molecular weight is 326 g/mol. The Bertz CT molecular complexity index is 745. The van der Waals surface area contributed by atoms with Crippen molar-refractivity contribution in [3.8, 4) is 23.3 Å². The van der Waals surface area contributed by atoms with E-state index in [0.29, 0.717) is 22.6 Å². The molecule has 0 aliphatic heterocycles. The maximum absolute atomic E-state index is 10.6. The zero-order valence-electron chi connectivity index (χ0n) is 11.7. The largest absolute Gasteiger partial charge is 0.434 e. The highest BCUT2D eigenvalue weighted by Crippen LogP contribution is 2.32. The number of ether oxygens (including phenoxy) is 2. The molecule has 0 amide bonds. The maximum Gasteiger partial charge on any atom is 0.297 e. The van der Waals surface area contributed by atoms with Gasteiger partial charge in [-0.2, -0.15) is 0 Å². The third kappa shape index (κ3) is 3.58. The Kier molecular flexibility index (Phi) is 4.39. The number of benzene rings is 2. The van der Waals surface area contributed by atoms with Crippen molar-refractivity contribution in [1.29, 1.82) is 0 Å². The third-order valence-electron chi connectivity index (χ3n) is 2.89. The van der Waals surface area contributed by atoms with Gasteiger partial charge in [-0.05, 0) is 48.5 Å². The first kappa shape index (κ1) is 14.9. The standard InChI is InChI=1S/C16H10N2O4S/c19-9-11-1-5-13(6-2-11)21-15-16(18-23-17-15)22-14-7-3-12(10-20)4-8-14/h1-10H. The summed E-state index contributed by atoms with van der Waals surface area (Å²) in [5, 5.41) is 0. The molecule has 0 N–H and O–H groups in total. The first-order valence-electron chi connectivity index (χ1n) is 6.57. The summed E-state index contributed by atoms with van der Waals surface area (Å²) in [6.07, 6.45) is 1.51. The van der Waals surface area contributed by atoms with E-state index in [2.05, 4.69) is 8.75 Å². The van der Waals surface area contributed by atoms with Crippen LogP contribution < -0.4 is 9.47 Å².